The van der Waals surface area contributed by atoms with Crippen molar-refractivity contribution in [3.8, 4) is 0 Å². The number of carbonyl (C=O) groups excluding carboxylic acids is 1. The van der Waals surface area contributed by atoms with Gasteiger partial charge in [-0.2, -0.15) is 0 Å². The molecule has 3 heteroatoms. The molecule has 1 N–H and O–H groups in total. The fourth-order valence-corrected chi connectivity index (χ4v) is 2.50. The normalized spacial score (nSPS) is 18.1. The minimum absolute atomic E-state index is 0.258. The molecule has 0 aromatic heterocycles. The molecule has 0 bridgehead atoms. The maximum Gasteiger partial charge on any atom is 0.237 e. The summed E-state index contributed by atoms with van der Waals surface area (Å²) < 4.78 is 0. The van der Waals surface area contributed by atoms with E-state index in [9.17, 15) is 4.79 Å². The second-order valence-corrected chi connectivity index (χ2v) is 6.31. The molecule has 0 saturated heterocycles. The van der Waals surface area contributed by atoms with Crippen LogP contribution in [-0.4, -0.2) is 29.9 Å². The van der Waals surface area contributed by atoms with Crippen LogP contribution >= 0.6 is 0 Å². The fraction of sp³-hybridized carbons (Fsp3) is 0.588. The van der Waals surface area contributed by atoms with E-state index in [0.717, 1.165) is 19.0 Å². The number of rotatable bonds is 7. The number of hydrogen-bond donors (Lipinski definition) is 1. The van der Waals surface area contributed by atoms with Crippen LogP contribution in [0, 0.1) is 12.8 Å². The number of nitrogens with zero attached hydrogens (tertiary/aromatic N) is 1. The second kappa shape index (κ2) is 5.96. The van der Waals surface area contributed by atoms with E-state index in [1.54, 1.807) is 0 Å². The molecular formula is C17H24N2O. The van der Waals surface area contributed by atoms with E-state index in [0.29, 0.717) is 12.6 Å². The van der Waals surface area contributed by atoms with Gasteiger partial charge < -0.3 is 10.2 Å². The van der Waals surface area contributed by atoms with Crippen LogP contribution in [0.1, 0.15) is 36.8 Å². The molecule has 3 rings (SSSR count). The summed E-state index contributed by atoms with van der Waals surface area (Å²) in [4.78, 5) is 14.4. The third-order valence-electron chi connectivity index (χ3n) is 4.19. The molecule has 2 fully saturated rings. The van der Waals surface area contributed by atoms with Crippen molar-refractivity contribution in [2.45, 2.75) is 45.2 Å². The first-order valence-corrected chi connectivity index (χ1v) is 7.78. The number of amides is 1. The molecule has 0 atom stereocenters. The molecule has 1 aromatic carbocycles. The highest BCUT2D eigenvalue weighted by Crippen LogP contribution is 2.29. The van der Waals surface area contributed by atoms with Gasteiger partial charge in [0.1, 0.15) is 0 Å². The quantitative estimate of drug-likeness (QED) is 0.827. The molecule has 3 nitrogen and oxygen atoms in total. The molecule has 20 heavy (non-hydrogen) atoms. The largest absolute Gasteiger partial charge is 0.334 e. The van der Waals surface area contributed by atoms with Crippen LogP contribution in [0.5, 0.6) is 0 Å². The Morgan fingerprint density at radius 1 is 1.20 bits per heavy atom. The topological polar surface area (TPSA) is 32.3 Å². The van der Waals surface area contributed by atoms with Crippen molar-refractivity contribution < 1.29 is 4.79 Å². The molecule has 2 saturated carbocycles. The Balaban J connectivity index is 1.53. The highest BCUT2D eigenvalue weighted by molar-refractivity contribution is 5.79. The van der Waals surface area contributed by atoms with Crippen LogP contribution in [0.2, 0.25) is 0 Å². The van der Waals surface area contributed by atoms with E-state index in [-0.39, 0.29) is 5.91 Å². The number of nitrogens with one attached hydrogen (secondary N) is 1. The van der Waals surface area contributed by atoms with Gasteiger partial charge in [-0.15, -0.1) is 0 Å². The van der Waals surface area contributed by atoms with Gasteiger partial charge in [0.05, 0.1) is 6.54 Å². The third kappa shape index (κ3) is 3.83. The van der Waals surface area contributed by atoms with E-state index in [4.69, 9.17) is 0 Å². The molecule has 0 aliphatic heterocycles. The van der Waals surface area contributed by atoms with Crippen molar-refractivity contribution in [2.24, 2.45) is 5.92 Å². The standard InChI is InChI=1S/C17H24N2O/c1-13-2-4-15(5-3-13)12-19(16-8-9-16)17(20)11-18-10-14-6-7-14/h2-5,14,16,18H,6-12H2,1H3. The van der Waals surface area contributed by atoms with Gasteiger partial charge in [-0.25, -0.2) is 0 Å². The summed E-state index contributed by atoms with van der Waals surface area (Å²) in [6, 6.07) is 8.99. The van der Waals surface area contributed by atoms with Gasteiger partial charge in [-0.1, -0.05) is 29.8 Å². The van der Waals surface area contributed by atoms with Gasteiger partial charge in [0.15, 0.2) is 0 Å². The van der Waals surface area contributed by atoms with Gasteiger partial charge >= 0.3 is 0 Å². The zero-order valence-corrected chi connectivity index (χ0v) is 12.3. The number of aryl methyl sites for hydroxylation is 1. The van der Waals surface area contributed by atoms with Crippen LogP contribution in [0.15, 0.2) is 24.3 Å². The van der Waals surface area contributed by atoms with E-state index in [2.05, 4.69) is 41.4 Å². The van der Waals surface area contributed by atoms with Gasteiger partial charge in [0.2, 0.25) is 5.91 Å². The highest BCUT2D eigenvalue weighted by Gasteiger charge is 2.32. The summed E-state index contributed by atoms with van der Waals surface area (Å²) in [5.41, 5.74) is 2.50. The van der Waals surface area contributed by atoms with Crippen LogP contribution in [0.25, 0.3) is 0 Å². The van der Waals surface area contributed by atoms with E-state index >= 15 is 0 Å². The Labute approximate surface area is 121 Å². The van der Waals surface area contributed by atoms with E-state index < -0.39 is 0 Å². The molecule has 1 aromatic rings. The van der Waals surface area contributed by atoms with Crippen LogP contribution in [0.4, 0.5) is 0 Å². The fourth-order valence-electron chi connectivity index (χ4n) is 2.50. The maximum atomic E-state index is 12.4. The lowest BCUT2D eigenvalue weighted by atomic mass is 10.1. The maximum absolute atomic E-state index is 12.4. The SMILES string of the molecule is Cc1ccc(CN(C(=O)CNCC2CC2)C2CC2)cc1. The zero-order valence-electron chi connectivity index (χ0n) is 12.3. The molecule has 108 valence electrons. The molecule has 2 aliphatic rings. The molecule has 0 heterocycles. The molecule has 2 aliphatic carbocycles. The first-order chi connectivity index (χ1) is 9.72. The average Bonchev–Trinajstić information content (AvgIpc) is 3.31. The lowest BCUT2D eigenvalue weighted by Gasteiger charge is -2.23. The van der Waals surface area contributed by atoms with Gasteiger partial charge in [-0.05, 0) is 50.6 Å². The van der Waals surface area contributed by atoms with Crippen LogP contribution < -0.4 is 5.32 Å². The molecule has 0 radical (unpaired) electrons. The molecule has 0 unspecified atom stereocenters. The number of benzene rings is 1. The predicted molar refractivity (Wildman–Crippen MR) is 80.3 cm³/mol. The van der Waals surface area contributed by atoms with E-state index in [1.165, 1.54) is 36.8 Å². The van der Waals surface area contributed by atoms with Gasteiger partial charge in [0, 0.05) is 12.6 Å². The first-order valence-electron chi connectivity index (χ1n) is 7.78. The predicted octanol–water partition coefficient (Wildman–Crippen LogP) is 2.49. The minimum Gasteiger partial charge on any atom is -0.334 e. The minimum atomic E-state index is 0.258. The summed E-state index contributed by atoms with van der Waals surface area (Å²) in [6.07, 6.45) is 4.99. The Morgan fingerprint density at radius 3 is 2.50 bits per heavy atom. The zero-order chi connectivity index (χ0) is 13.9. The Morgan fingerprint density at radius 2 is 1.90 bits per heavy atom. The summed E-state index contributed by atoms with van der Waals surface area (Å²) in [7, 11) is 0. The number of carbonyl (C=O) groups is 1. The Hall–Kier alpha value is -1.35. The number of hydrogen-bond acceptors (Lipinski definition) is 2. The summed E-state index contributed by atoms with van der Waals surface area (Å²) in [5.74, 6) is 1.09. The van der Waals surface area contributed by atoms with Crippen LogP contribution in [0.3, 0.4) is 0 Å². The Kier molecular flexibility index (Phi) is 4.06. The summed E-state index contributed by atoms with van der Waals surface area (Å²) in [6.45, 7) is 4.36. The van der Waals surface area contributed by atoms with E-state index in [1.807, 2.05) is 0 Å². The van der Waals surface area contributed by atoms with Crippen LogP contribution in [-0.2, 0) is 11.3 Å². The average molecular weight is 272 g/mol. The Bertz CT molecular complexity index is 460. The van der Waals surface area contributed by atoms with Crippen molar-refractivity contribution in [1.82, 2.24) is 10.2 Å². The monoisotopic (exact) mass is 272 g/mol. The highest BCUT2D eigenvalue weighted by atomic mass is 16.2. The lowest BCUT2D eigenvalue weighted by Crippen LogP contribution is -2.39. The van der Waals surface area contributed by atoms with Crippen molar-refractivity contribution >= 4 is 5.91 Å². The van der Waals surface area contributed by atoms with Crippen molar-refractivity contribution in [3.05, 3.63) is 35.4 Å². The van der Waals surface area contributed by atoms with Crippen molar-refractivity contribution in [2.75, 3.05) is 13.1 Å². The summed E-state index contributed by atoms with van der Waals surface area (Å²) >= 11 is 0. The van der Waals surface area contributed by atoms with Crippen molar-refractivity contribution in [3.63, 3.8) is 0 Å². The van der Waals surface area contributed by atoms with Gasteiger partial charge in [0.25, 0.3) is 0 Å². The molecule has 0 spiro atoms. The van der Waals surface area contributed by atoms with Crippen molar-refractivity contribution in [1.29, 1.82) is 0 Å². The lowest BCUT2D eigenvalue weighted by molar-refractivity contribution is -0.131. The third-order valence-corrected chi connectivity index (χ3v) is 4.19. The smallest absolute Gasteiger partial charge is 0.237 e. The molecule has 1 amide bonds. The summed E-state index contributed by atoms with van der Waals surface area (Å²) in [5, 5.41) is 3.31. The van der Waals surface area contributed by atoms with Gasteiger partial charge in [-0.3, -0.25) is 4.79 Å². The first kappa shape index (κ1) is 13.6. The second-order valence-electron chi connectivity index (χ2n) is 6.31. The molecular weight excluding hydrogens is 248 g/mol.